The molecule has 0 aliphatic heterocycles. The van der Waals surface area contributed by atoms with Gasteiger partial charge in [-0.15, -0.1) is 11.3 Å². The fourth-order valence-electron chi connectivity index (χ4n) is 2.21. The fraction of sp³-hybridized carbons (Fsp3) is 0.118. The Morgan fingerprint density at radius 3 is 2.48 bits per heavy atom. The maximum Gasteiger partial charge on any atom is 0.190 e. The van der Waals surface area contributed by atoms with Crippen molar-refractivity contribution in [3.8, 4) is 11.3 Å². The lowest BCUT2D eigenvalue weighted by atomic mass is 10.2. The first-order valence-corrected chi connectivity index (χ1v) is 8.08. The number of thiazole rings is 1. The third kappa shape index (κ3) is 2.94. The summed E-state index contributed by atoms with van der Waals surface area (Å²) in [5, 5.41) is 2.82. The van der Waals surface area contributed by atoms with E-state index in [-0.39, 0.29) is 0 Å². The molecule has 2 aromatic carbocycles. The molecule has 0 aliphatic carbocycles. The van der Waals surface area contributed by atoms with E-state index < -0.39 is 0 Å². The topological polar surface area (TPSA) is 17.3 Å². The number of hydrogen-bond donors (Lipinski definition) is 0. The molecule has 2 nitrogen and oxygen atoms in total. The van der Waals surface area contributed by atoms with Gasteiger partial charge in [0.05, 0.1) is 16.4 Å². The molecule has 0 saturated heterocycles. The average molecular weight is 315 g/mol. The second kappa shape index (κ2) is 6.29. The Balaban J connectivity index is 2.14. The summed E-state index contributed by atoms with van der Waals surface area (Å²) in [6.45, 7) is 3.00. The van der Waals surface area contributed by atoms with Crippen LogP contribution in [0.5, 0.6) is 0 Å². The van der Waals surface area contributed by atoms with Crippen LogP contribution in [0.4, 0.5) is 5.69 Å². The van der Waals surface area contributed by atoms with Crippen molar-refractivity contribution < 1.29 is 0 Å². The van der Waals surface area contributed by atoms with Crippen molar-refractivity contribution in [2.45, 2.75) is 13.5 Å². The highest BCUT2D eigenvalue weighted by Gasteiger charge is 2.06. The van der Waals surface area contributed by atoms with Gasteiger partial charge in [-0.05, 0) is 24.6 Å². The maximum atomic E-state index is 6.20. The van der Waals surface area contributed by atoms with Crippen molar-refractivity contribution in [3.63, 3.8) is 0 Å². The smallest absolute Gasteiger partial charge is 0.190 e. The number of para-hydroxylation sites is 1. The monoisotopic (exact) mass is 314 g/mol. The number of halogens is 1. The van der Waals surface area contributed by atoms with Gasteiger partial charge in [-0.25, -0.2) is 4.99 Å². The van der Waals surface area contributed by atoms with Gasteiger partial charge in [0, 0.05) is 11.9 Å². The summed E-state index contributed by atoms with van der Waals surface area (Å²) < 4.78 is 2.21. The van der Waals surface area contributed by atoms with E-state index in [0.29, 0.717) is 5.02 Å². The first kappa shape index (κ1) is 14.1. The molecule has 1 heterocycles. The van der Waals surface area contributed by atoms with E-state index in [1.807, 2.05) is 30.3 Å². The second-order valence-electron chi connectivity index (χ2n) is 4.58. The number of hydrogen-bond acceptors (Lipinski definition) is 2. The van der Waals surface area contributed by atoms with Crippen molar-refractivity contribution in [2.75, 3.05) is 0 Å². The molecular formula is C17H15ClN2S. The van der Waals surface area contributed by atoms with E-state index >= 15 is 0 Å². The van der Waals surface area contributed by atoms with E-state index in [2.05, 4.69) is 41.1 Å². The van der Waals surface area contributed by atoms with Crippen molar-refractivity contribution in [3.05, 3.63) is 69.8 Å². The molecule has 0 N–H and O–H groups in total. The molecule has 0 spiro atoms. The van der Waals surface area contributed by atoms with E-state index in [4.69, 9.17) is 16.6 Å². The Bertz CT molecular complexity index is 803. The molecule has 0 atom stereocenters. The minimum Gasteiger partial charge on any atom is -0.317 e. The highest BCUT2D eigenvalue weighted by molar-refractivity contribution is 7.07. The van der Waals surface area contributed by atoms with Gasteiger partial charge in [-0.3, -0.25) is 0 Å². The van der Waals surface area contributed by atoms with Gasteiger partial charge in [0.2, 0.25) is 0 Å². The highest BCUT2D eigenvalue weighted by atomic mass is 35.5. The molecule has 0 unspecified atom stereocenters. The zero-order chi connectivity index (χ0) is 14.7. The molecule has 106 valence electrons. The first-order chi connectivity index (χ1) is 10.3. The minimum atomic E-state index is 0.676. The van der Waals surface area contributed by atoms with E-state index in [0.717, 1.165) is 17.0 Å². The summed E-state index contributed by atoms with van der Waals surface area (Å²) in [5.41, 5.74) is 3.20. The van der Waals surface area contributed by atoms with Crippen molar-refractivity contribution >= 4 is 28.6 Å². The van der Waals surface area contributed by atoms with Crippen LogP contribution in [0.15, 0.2) is 65.0 Å². The van der Waals surface area contributed by atoms with Gasteiger partial charge in [-0.1, -0.05) is 54.1 Å². The maximum absolute atomic E-state index is 6.20. The number of aromatic nitrogens is 1. The quantitative estimate of drug-likeness (QED) is 0.638. The van der Waals surface area contributed by atoms with Crippen molar-refractivity contribution in [2.24, 2.45) is 4.99 Å². The predicted molar refractivity (Wildman–Crippen MR) is 90.1 cm³/mol. The van der Waals surface area contributed by atoms with Crippen molar-refractivity contribution in [1.82, 2.24) is 4.57 Å². The Hall–Kier alpha value is -1.84. The summed E-state index contributed by atoms with van der Waals surface area (Å²) >= 11 is 7.83. The first-order valence-electron chi connectivity index (χ1n) is 6.82. The van der Waals surface area contributed by atoms with Gasteiger partial charge in [0.15, 0.2) is 4.80 Å². The summed E-state index contributed by atoms with van der Waals surface area (Å²) in [5.74, 6) is 0. The Labute approximate surface area is 133 Å². The normalized spacial score (nSPS) is 11.8. The third-order valence-corrected chi connectivity index (χ3v) is 4.44. The van der Waals surface area contributed by atoms with Crippen LogP contribution in [-0.4, -0.2) is 4.57 Å². The van der Waals surface area contributed by atoms with Crippen molar-refractivity contribution in [1.29, 1.82) is 0 Å². The standard InChI is InChI=1S/C17H15ClN2S/c1-2-20-16(13-8-4-3-5-9-13)12-21-17(20)19-15-11-7-6-10-14(15)18/h3-12H,2H2,1H3. The lowest BCUT2D eigenvalue weighted by Crippen LogP contribution is -2.14. The van der Waals surface area contributed by atoms with Crippen LogP contribution in [-0.2, 0) is 6.54 Å². The Morgan fingerprint density at radius 2 is 1.76 bits per heavy atom. The van der Waals surface area contributed by atoms with Crippen LogP contribution in [0.2, 0.25) is 5.02 Å². The summed E-state index contributed by atoms with van der Waals surface area (Å²) in [6, 6.07) is 18.0. The fourth-order valence-corrected chi connectivity index (χ4v) is 3.37. The molecule has 3 aromatic rings. The third-order valence-electron chi connectivity index (χ3n) is 3.25. The van der Waals surface area contributed by atoms with E-state index in [1.165, 1.54) is 11.3 Å². The SMILES string of the molecule is CCn1c(-c2ccccc2)csc1=Nc1ccccc1Cl. The molecule has 3 rings (SSSR count). The highest BCUT2D eigenvalue weighted by Crippen LogP contribution is 2.24. The average Bonchev–Trinajstić information content (AvgIpc) is 2.93. The number of rotatable bonds is 3. The number of benzene rings is 2. The molecule has 0 fully saturated rings. The van der Waals surface area contributed by atoms with Gasteiger partial charge >= 0.3 is 0 Å². The van der Waals surface area contributed by atoms with Gasteiger partial charge in [-0.2, -0.15) is 0 Å². The summed E-state index contributed by atoms with van der Waals surface area (Å²) in [6.07, 6.45) is 0. The second-order valence-corrected chi connectivity index (χ2v) is 5.82. The molecule has 21 heavy (non-hydrogen) atoms. The molecule has 0 aliphatic rings. The lowest BCUT2D eigenvalue weighted by molar-refractivity contribution is 0.745. The predicted octanol–water partition coefficient (Wildman–Crippen LogP) is 5.12. The minimum absolute atomic E-state index is 0.676. The van der Waals surface area contributed by atoms with Crippen LogP contribution in [0.25, 0.3) is 11.3 Å². The molecule has 0 saturated carbocycles. The van der Waals surface area contributed by atoms with Crippen LogP contribution in [0.3, 0.4) is 0 Å². The van der Waals surface area contributed by atoms with Gasteiger partial charge < -0.3 is 4.57 Å². The molecular weight excluding hydrogens is 300 g/mol. The van der Waals surface area contributed by atoms with E-state index in [9.17, 15) is 0 Å². The zero-order valence-electron chi connectivity index (χ0n) is 11.7. The van der Waals surface area contributed by atoms with Crippen LogP contribution in [0, 0.1) is 0 Å². The van der Waals surface area contributed by atoms with E-state index in [1.54, 1.807) is 11.3 Å². The largest absolute Gasteiger partial charge is 0.317 e. The molecule has 0 amide bonds. The van der Waals surface area contributed by atoms with Crippen LogP contribution >= 0.6 is 22.9 Å². The molecule has 1 aromatic heterocycles. The summed E-state index contributed by atoms with van der Waals surface area (Å²) in [4.78, 5) is 5.67. The summed E-state index contributed by atoms with van der Waals surface area (Å²) in [7, 11) is 0. The molecule has 4 heteroatoms. The zero-order valence-corrected chi connectivity index (χ0v) is 13.2. The Kier molecular flexibility index (Phi) is 4.23. The lowest BCUT2D eigenvalue weighted by Gasteiger charge is -2.06. The van der Waals surface area contributed by atoms with Crippen LogP contribution < -0.4 is 4.80 Å². The van der Waals surface area contributed by atoms with Gasteiger partial charge in [0.25, 0.3) is 0 Å². The Morgan fingerprint density at radius 1 is 1.05 bits per heavy atom. The van der Waals surface area contributed by atoms with Crippen LogP contribution in [0.1, 0.15) is 6.92 Å². The molecule has 0 radical (unpaired) electrons. The molecule has 0 bridgehead atoms. The van der Waals surface area contributed by atoms with Gasteiger partial charge in [0.1, 0.15) is 0 Å². The number of nitrogens with zero attached hydrogens (tertiary/aromatic N) is 2.